The van der Waals surface area contributed by atoms with E-state index in [1.54, 1.807) is 4.21 Å². The molecule has 0 aliphatic carbocycles. The zero-order valence-electron chi connectivity index (χ0n) is 7.95. The van der Waals surface area contributed by atoms with E-state index in [4.69, 9.17) is 0 Å². The van der Waals surface area contributed by atoms with Gasteiger partial charge in [-0.3, -0.25) is 0 Å². The van der Waals surface area contributed by atoms with Crippen molar-refractivity contribution in [2.24, 2.45) is 0 Å². The molecule has 1 atom stereocenters. The third kappa shape index (κ3) is 1.74. The highest BCUT2D eigenvalue weighted by atomic mass is 32.2. The lowest BCUT2D eigenvalue weighted by Gasteiger charge is -2.08. The topological polar surface area (TPSA) is 0 Å². The summed E-state index contributed by atoms with van der Waals surface area (Å²) in [6, 6.07) is 11.0. The van der Waals surface area contributed by atoms with Gasteiger partial charge in [0, 0.05) is 8.91 Å². The van der Waals surface area contributed by atoms with Crippen molar-refractivity contribution in [2.45, 2.75) is 11.1 Å². The molecule has 0 fully saturated rings. The summed E-state index contributed by atoms with van der Waals surface area (Å²) in [6.07, 6.45) is 2.36. The highest BCUT2D eigenvalue weighted by Gasteiger charge is 2.03. The van der Waals surface area contributed by atoms with Crippen LogP contribution >= 0.6 is 22.2 Å². The minimum absolute atomic E-state index is 0.0983. The molecule has 0 aliphatic rings. The minimum Gasteiger partial charge on any atom is -0.221 e. The Morgan fingerprint density at radius 3 is 2.77 bits per heavy atom. The molecule has 0 bridgehead atoms. The first-order valence-electron chi connectivity index (χ1n) is 4.51. The summed E-state index contributed by atoms with van der Waals surface area (Å²) in [6.45, 7) is 2.27. The van der Waals surface area contributed by atoms with E-state index in [-0.39, 0.29) is 10.9 Å². The Kier molecular flexibility index (Phi) is 2.61. The van der Waals surface area contributed by atoms with E-state index in [1.807, 2.05) is 11.3 Å². The molecule has 0 N–H and O–H groups in total. The van der Waals surface area contributed by atoms with E-state index in [0.29, 0.717) is 0 Å². The third-order valence-corrected chi connectivity index (χ3v) is 6.22. The Hall–Kier alpha value is -0.470. The fraction of sp³-hybridized carbons (Fsp3) is 0.273. The molecule has 70 valence electrons. The first-order valence-corrected chi connectivity index (χ1v) is 7.30. The van der Waals surface area contributed by atoms with E-state index in [1.165, 1.54) is 15.8 Å². The van der Waals surface area contributed by atoms with Gasteiger partial charge in [-0.2, -0.15) is 0 Å². The number of fused-ring (bicyclic) bond motifs is 1. The van der Waals surface area contributed by atoms with Crippen LogP contribution in [0.4, 0.5) is 0 Å². The van der Waals surface area contributed by atoms with Crippen molar-refractivity contribution in [3.05, 3.63) is 30.3 Å². The zero-order valence-corrected chi connectivity index (χ0v) is 9.66. The van der Waals surface area contributed by atoms with Gasteiger partial charge in [0.1, 0.15) is 0 Å². The van der Waals surface area contributed by atoms with Gasteiger partial charge in [0.2, 0.25) is 0 Å². The largest absolute Gasteiger partial charge is 0.221 e. The Morgan fingerprint density at radius 2 is 2.08 bits per heavy atom. The van der Waals surface area contributed by atoms with Gasteiger partial charge in [0.05, 0.1) is 0 Å². The van der Waals surface area contributed by atoms with E-state index in [0.717, 1.165) is 0 Å². The molecular weight excluding hydrogens is 196 g/mol. The van der Waals surface area contributed by atoms with Crippen molar-refractivity contribution in [3.8, 4) is 0 Å². The molecule has 2 rings (SSSR count). The molecule has 1 aromatic heterocycles. The summed E-state index contributed by atoms with van der Waals surface area (Å²) in [5.41, 5.74) is 0. The Bertz CT molecular complexity index is 370. The van der Waals surface area contributed by atoms with Crippen LogP contribution in [0.15, 0.2) is 34.5 Å². The van der Waals surface area contributed by atoms with Crippen molar-refractivity contribution in [1.82, 2.24) is 0 Å². The van der Waals surface area contributed by atoms with Gasteiger partial charge in [-0.15, -0.1) is 11.3 Å². The maximum Gasteiger partial charge on any atom is 0.0413 e. The molecule has 1 unspecified atom stereocenters. The Morgan fingerprint density at radius 1 is 1.31 bits per heavy atom. The first kappa shape index (κ1) is 9.10. The lowest BCUT2D eigenvalue weighted by Crippen LogP contribution is -1.76. The summed E-state index contributed by atoms with van der Waals surface area (Å²) < 4.78 is 3.01. The van der Waals surface area contributed by atoms with Crippen molar-refractivity contribution >= 4 is 32.3 Å². The summed E-state index contributed by atoms with van der Waals surface area (Å²) in [4.78, 5) is 0. The van der Waals surface area contributed by atoms with Gasteiger partial charge in [-0.25, -0.2) is 10.9 Å². The Balaban J connectivity index is 2.49. The normalized spacial score (nSPS) is 14.8. The molecule has 13 heavy (non-hydrogen) atoms. The second-order valence-corrected chi connectivity index (χ2v) is 7.03. The molecule has 2 heteroatoms. The summed E-state index contributed by atoms with van der Waals surface area (Å²) in [7, 11) is 0.0983. The van der Waals surface area contributed by atoms with Crippen LogP contribution in [0.1, 0.15) is 6.92 Å². The lowest BCUT2D eigenvalue weighted by atomic mass is 10.3. The van der Waals surface area contributed by atoms with Crippen LogP contribution < -0.4 is 0 Å². The fourth-order valence-electron chi connectivity index (χ4n) is 1.31. The molecule has 0 spiro atoms. The minimum atomic E-state index is 0.0983. The highest BCUT2D eigenvalue weighted by Crippen LogP contribution is 2.40. The fourth-order valence-corrected chi connectivity index (χ4v) is 4.09. The van der Waals surface area contributed by atoms with Crippen LogP contribution in [-0.4, -0.2) is 12.0 Å². The van der Waals surface area contributed by atoms with Gasteiger partial charge in [0.25, 0.3) is 0 Å². The van der Waals surface area contributed by atoms with Gasteiger partial charge >= 0.3 is 0 Å². The standard InChI is InChI=1S/C11H14S2/c1-3-13(2)11-8-9-6-4-5-7-10(9)12-11/h4-8,13H,3H2,1-2H3. The maximum atomic E-state index is 2.36. The summed E-state index contributed by atoms with van der Waals surface area (Å²) in [5, 5.41) is 1.41. The van der Waals surface area contributed by atoms with E-state index < -0.39 is 0 Å². The van der Waals surface area contributed by atoms with Crippen molar-refractivity contribution in [1.29, 1.82) is 0 Å². The molecule has 0 aliphatic heterocycles. The molecule has 0 saturated carbocycles. The molecule has 2 aromatic rings. The van der Waals surface area contributed by atoms with E-state index in [9.17, 15) is 0 Å². The number of benzene rings is 1. The Labute approximate surface area is 85.9 Å². The zero-order chi connectivity index (χ0) is 9.26. The van der Waals surface area contributed by atoms with Crippen LogP contribution in [0.25, 0.3) is 10.1 Å². The first-order chi connectivity index (χ1) is 6.31. The second kappa shape index (κ2) is 3.72. The van der Waals surface area contributed by atoms with Crippen LogP contribution in [0.2, 0.25) is 0 Å². The number of hydrogen-bond acceptors (Lipinski definition) is 1. The number of thiol groups is 1. The molecule has 1 heterocycles. The maximum absolute atomic E-state index is 2.36. The molecular formula is C11H14S2. The average molecular weight is 210 g/mol. The van der Waals surface area contributed by atoms with E-state index in [2.05, 4.69) is 43.5 Å². The predicted molar refractivity (Wildman–Crippen MR) is 65.5 cm³/mol. The molecule has 0 nitrogen and oxygen atoms in total. The predicted octanol–water partition coefficient (Wildman–Crippen LogP) is 3.91. The van der Waals surface area contributed by atoms with E-state index >= 15 is 0 Å². The summed E-state index contributed by atoms with van der Waals surface area (Å²) in [5.74, 6) is 1.29. The molecule has 0 saturated heterocycles. The van der Waals surface area contributed by atoms with Crippen LogP contribution in [0, 0.1) is 0 Å². The molecule has 0 amide bonds. The van der Waals surface area contributed by atoms with Crippen LogP contribution in [-0.2, 0) is 0 Å². The average Bonchev–Trinajstić information content (AvgIpc) is 2.59. The highest BCUT2D eigenvalue weighted by molar-refractivity contribution is 8.17. The second-order valence-electron chi connectivity index (χ2n) is 3.14. The SMILES string of the molecule is CC[SH](C)c1cc2ccccc2s1. The van der Waals surface area contributed by atoms with Crippen molar-refractivity contribution < 1.29 is 0 Å². The smallest absolute Gasteiger partial charge is 0.0413 e. The van der Waals surface area contributed by atoms with Gasteiger partial charge < -0.3 is 0 Å². The number of thiophene rings is 1. The summed E-state index contributed by atoms with van der Waals surface area (Å²) >= 11 is 1.96. The van der Waals surface area contributed by atoms with Gasteiger partial charge in [-0.1, -0.05) is 25.1 Å². The van der Waals surface area contributed by atoms with Gasteiger partial charge in [0.15, 0.2) is 0 Å². The quantitative estimate of drug-likeness (QED) is 0.714. The lowest BCUT2D eigenvalue weighted by molar-refractivity contribution is 1.49. The molecule has 0 radical (unpaired) electrons. The monoisotopic (exact) mass is 210 g/mol. The molecule has 1 aromatic carbocycles. The van der Waals surface area contributed by atoms with Crippen molar-refractivity contribution in [3.63, 3.8) is 0 Å². The van der Waals surface area contributed by atoms with Crippen LogP contribution in [0.5, 0.6) is 0 Å². The van der Waals surface area contributed by atoms with Crippen LogP contribution in [0.3, 0.4) is 0 Å². The number of rotatable bonds is 2. The third-order valence-electron chi connectivity index (χ3n) is 2.26. The van der Waals surface area contributed by atoms with Crippen molar-refractivity contribution in [2.75, 3.05) is 12.0 Å². The number of hydrogen-bond donors (Lipinski definition) is 1. The van der Waals surface area contributed by atoms with Gasteiger partial charge in [-0.05, 0) is 29.5 Å².